The first-order valence-electron chi connectivity index (χ1n) is 12.1. The van der Waals surface area contributed by atoms with Crippen molar-refractivity contribution in [2.45, 2.75) is 91.0 Å². The summed E-state index contributed by atoms with van der Waals surface area (Å²) < 4.78 is 0. The molecule has 1 saturated heterocycles. The summed E-state index contributed by atoms with van der Waals surface area (Å²) in [5, 5.41) is 0. The summed E-state index contributed by atoms with van der Waals surface area (Å²) in [4.78, 5) is 28.7. The number of hydrogen-bond acceptors (Lipinski definition) is 3. The maximum atomic E-state index is 13.6. The topological polar surface area (TPSA) is 37.4 Å². The zero-order chi connectivity index (χ0) is 19.7. The lowest BCUT2D eigenvalue weighted by Crippen LogP contribution is -2.58. The van der Waals surface area contributed by atoms with E-state index < -0.39 is 0 Å². The van der Waals surface area contributed by atoms with Crippen LogP contribution in [0.3, 0.4) is 0 Å². The van der Waals surface area contributed by atoms with Crippen LogP contribution < -0.4 is 0 Å². The molecule has 8 atom stereocenters. The second-order valence-electron chi connectivity index (χ2n) is 11.6. The van der Waals surface area contributed by atoms with Crippen molar-refractivity contribution in [1.29, 1.82) is 0 Å². The molecule has 0 unspecified atom stereocenters. The molecule has 0 aromatic carbocycles. The summed E-state index contributed by atoms with van der Waals surface area (Å²) in [7, 11) is 0. The van der Waals surface area contributed by atoms with Crippen molar-refractivity contribution in [1.82, 2.24) is 4.90 Å². The van der Waals surface area contributed by atoms with E-state index in [4.69, 9.17) is 0 Å². The van der Waals surface area contributed by atoms with Gasteiger partial charge in [-0.05, 0) is 106 Å². The predicted molar refractivity (Wildman–Crippen MR) is 111 cm³/mol. The maximum absolute atomic E-state index is 13.6. The van der Waals surface area contributed by atoms with Gasteiger partial charge in [0.15, 0.2) is 0 Å². The number of carbonyl (C=O) groups excluding carboxylic acids is 2. The smallest absolute Gasteiger partial charge is 0.137 e. The van der Waals surface area contributed by atoms with Crippen LogP contribution in [0.25, 0.3) is 0 Å². The number of ketones is 2. The molecule has 3 nitrogen and oxygen atoms in total. The van der Waals surface area contributed by atoms with Crippen LogP contribution in [0.15, 0.2) is 0 Å². The number of carbonyl (C=O) groups is 2. The largest absolute Gasteiger partial charge is 0.300 e. The molecule has 1 heterocycles. The van der Waals surface area contributed by atoms with Gasteiger partial charge >= 0.3 is 0 Å². The molecule has 28 heavy (non-hydrogen) atoms. The molecule has 156 valence electrons. The van der Waals surface area contributed by atoms with Gasteiger partial charge in [-0.3, -0.25) is 9.59 Å². The molecule has 5 rings (SSSR count). The standard InChI is InChI=1S/C25H39NO2/c1-16(27)20-8-9-21-19-7-6-17-14-18(26-12-4-5-13-26)10-11-24(17,2)23(19)22(28)15-25(20,21)3/h17-21,23H,4-15H2,1-3H3/t17-,18+,19-,20-,21+,23+,24-,25-/m0/s1. The van der Waals surface area contributed by atoms with E-state index in [0.717, 1.165) is 18.4 Å². The Hall–Kier alpha value is -0.700. The fraction of sp³-hybridized carbons (Fsp3) is 0.920. The summed E-state index contributed by atoms with van der Waals surface area (Å²) in [6.07, 6.45) is 12.0. The maximum Gasteiger partial charge on any atom is 0.137 e. The van der Waals surface area contributed by atoms with Crippen LogP contribution >= 0.6 is 0 Å². The molecule has 0 aromatic heterocycles. The Kier molecular flexibility index (Phi) is 4.58. The van der Waals surface area contributed by atoms with E-state index >= 15 is 0 Å². The molecule has 0 radical (unpaired) electrons. The Balaban J connectivity index is 1.40. The van der Waals surface area contributed by atoms with Gasteiger partial charge in [-0.15, -0.1) is 0 Å². The first-order valence-corrected chi connectivity index (χ1v) is 12.1. The third-order valence-corrected chi connectivity index (χ3v) is 10.5. The molecule has 0 spiro atoms. The van der Waals surface area contributed by atoms with Gasteiger partial charge in [0, 0.05) is 24.3 Å². The molecular weight excluding hydrogens is 346 g/mol. The van der Waals surface area contributed by atoms with Gasteiger partial charge in [0.25, 0.3) is 0 Å². The van der Waals surface area contributed by atoms with Gasteiger partial charge in [0.1, 0.15) is 11.6 Å². The predicted octanol–water partition coefficient (Wildman–Crippen LogP) is 4.88. The Bertz CT molecular complexity index is 667. The second kappa shape index (κ2) is 6.65. The van der Waals surface area contributed by atoms with Crippen molar-refractivity contribution in [3.8, 4) is 0 Å². The first kappa shape index (κ1) is 19.3. The van der Waals surface area contributed by atoms with Gasteiger partial charge in [0.2, 0.25) is 0 Å². The van der Waals surface area contributed by atoms with Crippen LogP contribution in [0.1, 0.15) is 85.0 Å². The van der Waals surface area contributed by atoms with Crippen LogP contribution in [-0.4, -0.2) is 35.6 Å². The molecule has 3 heteroatoms. The number of Topliss-reactive ketones (excluding diaryl/α,β-unsaturated/α-hetero) is 2. The monoisotopic (exact) mass is 385 g/mol. The van der Waals surface area contributed by atoms with E-state index in [1.807, 2.05) is 0 Å². The first-order chi connectivity index (χ1) is 13.3. The Labute approximate surface area is 171 Å². The van der Waals surface area contributed by atoms with Crippen LogP contribution in [0.2, 0.25) is 0 Å². The summed E-state index contributed by atoms with van der Waals surface area (Å²) in [5.41, 5.74) is 0.159. The summed E-state index contributed by atoms with van der Waals surface area (Å²) in [6, 6.07) is 0.773. The number of fused-ring (bicyclic) bond motifs is 5. The third-order valence-electron chi connectivity index (χ3n) is 10.5. The highest BCUT2D eigenvalue weighted by molar-refractivity contribution is 5.87. The van der Waals surface area contributed by atoms with Crippen molar-refractivity contribution >= 4 is 11.6 Å². The van der Waals surface area contributed by atoms with Gasteiger partial charge in [-0.1, -0.05) is 13.8 Å². The summed E-state index contributed by atoms with van der Waals surface area (Å²) >= 11 is 0. The lowest BCUT2D eigenvalue weighted by atomic mass is 9.44. The Morgan fingerprint density at radius 1 is 1.00 bits per heavy atom. The minimum Gasteiger partial charge on any atom is -0.300 e. The van der Waals surface area contributed by atoms with Gasteiger partial charge in [0.05, 0.1) is 0 Å². The summed E-state index contributed by atoms with van der Waals surface area (Å²) in [6.45, 7) is 9.11. The minimum absolute atomic E-state index is 0.0555. The van der Waals surface area contributed by atoms with Crippen molar-refractivity contribution in [2.24, 2.45) is 40.4 Å². The van der Waals surface area contributed by atoms with Crippen molar-refractivity contribution in [3.05, 3.63) is 0 Å². The highest BCUT2D eigenvalue weighted by Crippen LogP contribution is 2.66. The average Bonchev–Trinajstić information content (AvgIpc) is 3.27. The van der Waals surface area contributed by atoms with Crippen LogP contribution in [0, 0.1) is 40.4 Å². The third kappa shape index (κ3) is 2.63. The fourth-order valence-electron chi connectivity index (χ4n) is 9.16. The molecular formula is C25H39NO2. The quantitative estimate of drug-likeness (QED) is 0.680. The van der Waals surface area contributed by atoms with E-state index in [9.17, 15) is 9.59 Å². The van der Waals surface area contributed by atoms with E-state index in [0.29, 0.717) is 29.8 Å². The molecule has 4 saturated carbocycles. The van der Waals surface area contributed by atoms with Gasteiger partial charge in [-0.25, -0.2) is 0 Å². The molecule has 5 fully saturated rings. The SMILES string of the molecule is CC(=O)[C@@H]1CC[C@@H]2[C@@H]3CC[C@H]4C[C@H](N5CCCC5)CC[C@]4(C)[C@H]3C(=O)C[C@]21C. The van der Waals surface area contributed by atoms with Crippen molar-refractivity contribution in [2.75, 3.05) is 13.1 Å². The number of rotatable bonds is 2. The molecule has 0 aromatic rings. The van der Waals surface area contributed by atoms with E-state index in [2.05, 4.69) is 18.7 Å². The Morgan fingerprint density at radius 2 is 1.75 bits per heavy atom. The van der Waals surface area contributed by atoms with Crippen molar-refractivity contribution < 1.29 is 9.59 Å². The second-order valence-corrected chi connectivity index (χ2v) is 11.6. The van der Waals surface area contributed by atoms with Gasteiger partial charge < -0.3 is 4.90 Å². The van der Waals surface area contributed by atoms with E-state index in [1.54, 1.807) is 6.92 Å². The zero-order valence-corrected chi connectivity index (χ0v) is 18.2. The molecule has 0 amide bonds. The lowest BCUT2D eigenvalue weighted by molar-refractivity contribution is -0.160. The number of nitrogens with zero attached hydrogens (tertiary/aromatic N) is 1. The van der Waals surface area contributed by atoms with Crippen LogP contribution in [-0.2, 0) is 9.59 Å². The minimum atomic E-state index is -0.0555. The fourth-order valence-corrected chi connectivity index (χ4v) is 9.16. The Morgan fingerprint density at radius 3 is 2.46 bits per heavy atom. The van der Waals surface area contributed by atoms with E-state index in [-0.39, 0.29) is 22.7 Å². The highest BCUT2D eigenvalue weighted by Gasteiger charge is 2.63. The molecule has 1 aliphatic heterocycles. The average molecular weight is 386 g/mol. The zero-order valence-electron chi connectivity index (χ0n) is 18.2. The molecule has 0 N–H and O–H groups in total. The lowest BCUT2D eigenvalue weighted by Gasteiger charge is -2.60. The van der Waals surface area contributed by atoms with Crippen LogP contribution in [0.5, 0.6) is 0 Å². The molecule has 5 aliphatic rings. The van der Waals surface area contributed by atoms with Crippen LogP contribution in [0.4, 0.5) is 0 Å². The molecule has 4 aliphatic carbocycles. The normalized spacial score (nSPS) is 51.5. The molecule has 0 bridgehead atoms. The van der Waals surface area contributed by atoms with Crippen molar-refractivity contribution in [3.63, 3.8) is 0 Å². The van der Waals surface area contributed by atoms with Gasteiger partial charge in [-0.2, -0.15) is 0 Å². The van der Waals surface area contributed by atoms with E-state index in [1.165, 1.54) is 64.5 Å². The summed E-state index contributed by atoms with van der Waals surface area (Å²) in [5.74, 6) is 3.10. The number of hydrogen-bond donors (Lipinski definition) is 0. The highest BCUT2D eigenvalue weighted by atomic mass is 16.1. The number of likely N-dealkylation sites (tertiary alicyclic amines) is 1.